The van der Waals surface area contributed by atoms with Crippen LogP contribution in [0.25, 0.3) is 10.1 Å². The van der Waals surface area contributed by atoms with Crippen LogP contribution in [0, 0.1) is 0 Å². The zero-order valence-corrected chi connectivity index (χ0v) is 9.37. The molecule has 0 saturated carbocycles. The second-order valence-electron chi connectivity index (χ2n) is 3.35. The molecule has 0 radical (unpaired) electrons. The second-order valence-corrected chi connectivity index (χ2v) is 4.52. The van der Waals surface area contributed by atoms with Crippen molar-refractivity contribution < 1.29 is 9.90 Å². The van der Waals surface area contributed by atoms with Gasteiger partial charge in [0, 0.05) is 9.58 Å². The summed E-state index contributed by atoms with van der Waals surface area (Å²) >= 11 is 1.42. The number of nitrogens with zero attached hydrogens (tertiary/aromatic N) is 1. The molecule has 0 amide bonds. The van der Waals surface area contributed by atoms with Crippen molar-refractivity contribution in [2.75, 3.05) is 5.84 Å². The summed E-state index contributed by atoms with van der Waals surface area (Å²) in [6.45, 7) is 1.98. The van der Waals surface area contributed by atoms with E-state index in [1.54, 1.807) is 6.07 Å². The van der Waals surface area contributed by atoms with E-state index in [2.05, 4.69) is 0 Å². The molecule has 0 aliphatic carbocycles. The molecule has 0 bridgehead atoms. The Balaban J connectivity index is 2.85. The fourth-order valence-corrected chi connectivity index (χ4v) is 2.53. The van der Waals surface area contributed by atoms with Gasteiger partial charge >= 0.3 is 5.97 Å². The van der Waals surface area contributed by atoms with E-state index in [1.165, 1.54) is 17.4 Å². The first-order valence-electron chi connectivity index (χ1n) is 4.71. The zero-order chi connectivity index (χ0) is 11.9. The summed E-state index contributed by atoms with van der Waals surface area (Å²) in [7, 11) is 0. The first kappa shape index (κ1) is 10.7. The molecule has 0 aromatic carbocycles. The SMILES string of the molecule is CCc1cc2c(=O)n(N)c(C(=O)O)cc2s1. The molecule has 16 heavy (non-hydrogen) atoms. The maximum atomic E-state index is 11.8. The van der Waals surface area contributed by atoms with Crippen LogP contribution in [-0.2, 0) is 6.42 Å². The summed E-state index contributed by atoms with van der Waals surface area (Å²) in [5.74, 6) is 4.23. The lowest BCUT2D eigenvalue weighted by Gasteiger charge is -2.02. The number of nitrogens with two attached hydrogens (primary N) is 1. The minimum absolute atomic E-state index is 0.193. The summed E-state index contributed by atoms with van der Waals surface area (Å²) in [4.78, 5) is 23.7. The highest BCUT2D eigenvalue weighted by Gasteiger charge is 2.14. The third kappa shape index (κ3) is 1.47. The number of nitrogen functional groups attached to an aromatic ring is 1. The highest BCUT2D eigenvalue weighted by atomic mass is 32.1. The highest BCUT2D eigenvalue weighted by Crippen LogP contribution is 2.24. The van der Waals surface area contributed by atoms with Gasteiger partial charge in [0.25, 0.3) is 5.56 Å². The summed E-state index contributed by atoms with van der Waals surface area (Å²) in [5, 5.41) is 9.36. The monoisotopic (exact) mass is 238 g/mol. The largest absolute Gasteiger partial charge is 0.477 e. The molecule has 6 heteroatoms. The Morgan fingerprint density at radius 2 is 2.25 bits per heavy atom. The number of aryl methyl sites for hydroxylation is 1. The van der Waals surface area contributed by atoms with Gasteiger partial charge in [0.15, 0.2) is 5.69 Å². The van der Waals surface area contributed by atoms with E-state index in [-0.39, 0.29) is 5.69 Å². The number of aromatic nitrogens is 1. The van der Waals surface area contributed by atoms with Crippen LogP contribution < -0.4 is 11.4 Å². The predicted octanol–water partition coefficient (Wildman–Crippen LogP) is 1.04. The van der Waals surface area contributed by atoms with Crippen molar-refractivity contribution in [2.24, 2.45) is 0 Å². The van der Waals surface area contributed by atoms with Crippen LogP contribution in [0.2, 0.25) is 0 Å². The maximum Gasteiger partial charge on any atom is 0.354 e. The summed E-state index contributed by atoms with van der Waals surface area (Å²) in [5.41, 5.74) is -0.659. The van der Waals surface area contributed by atoms with Gasteiger partial charge in [-0.05, 0) is 18.6 Å². The molecule has 2 heterocycles. The van der Waals surface area contributed by atoms with Gasteiger partial charge in [0.2, 0.25) is 0 Å². The highest BCUT2D eigenvalue weighted by molar-refractivity contribution is 7.19. The molecule has 3 N–H and O–H groups in total. The Bertz CT molecular complexity index is 627. The van der Waals surface area contributed by atoms with E-state index in [0.717, 1.165) is 11.3 Å². The molecule has 5 nitrogen and oxygen atoms in total. The Labute approximate surface area is 94.7 Å². The molecule has 2 aromatic heterocycles. The third-order valence-corrected chi connectivity index (χ3v) is 3.58. The molecule has 2 rings (SSSR count). The molecule has 0 atom stereocenters. The topological polar surface area (TPSA) is 85.3 Å². The molecule has 0 saturated heterocycles. The average molecular weight is 238 g/mol. The third-order valence-electron chi connectivity index (χ3n) is 2.36. The van der Waals surface area contributed by atoms with Crippen LogP contribution in [0.3, 0.4) is 0 Å². The maximum absolute atomic E-state index is 11.8. The lowest BCUT2D eigenvalue weighted by molar-refractivity contribution is 0.0686. The van der Waals surface area contributed by atoms with Crippen LogP contribution >= 0.6 is 11.3 Å². The normalized spacial score (nSPS) is 10.8. The zero-order valence-electron chi connectivity index (χ0n) is 8.56. The summed E-state index contributed by atoms with van der Waals surface area (Å²) in [6.07, 6.45) is 0.811. The number of rotatable bonds is 2. The molecule has 0 fully saturated rings. The molecule has 0 unspecified atom stereocenters. The van der Waals surface area contributed by atoms with E-state index >= 15 is 0 Å². The van der Waals surface area contributed by atoms with Crippen LogP contribution in [-0.4, -0.2) is 15.8 Å². The minimum atomic E-state index is -1.20. The number of carboxylic acid groups (broad SMARTS) is 1. The van der Waals surface area contributed by atoms with Crippen LogP contribution in [0.4, 0.5) is 0 Å². The lowest BCUT2D eigenvalue weighted by atomic mass is 10.2. The van der Waals surface area contributed by atoms with Crippen molar-refractivity contribution >= 4 is 27.4 Å². The average Bonchev–Trinajstić information content (AvgIpc) is 2.66. The van der Waals surface area contributed by atoms with Crippen LogP contribution in [0.5, 0.6) is 0 Å². The van der Waals surface area contributed by atoms with Gasteiger partial charge in [-0.2, -0.15) is 0 Å². The predicted molar refractivity (Wildman–Crippen MR) is 62.6 cm³/mol. The first-order chi connectivity index (χ1) is 7.54. The summed E-state index contributed by atoms with van der Waals surface area (Å²) < 4.78 is 1.34. The number of fused-ring (bicyclic) bond motifs is 1. The number of hydrogen-bond donors (Lipinski definition) is 2. The van der Waals surface area contributed by atoms with Crippen molar-refractivity contribution in [2.45, 2.75) is 13.3 Å². The van der Waals surface area contributed by atoms with Gasteiger partial charge in [0.05, 0.1) is 5.39 Å². The van der Waals surface area contributed by atoms with Gasteiger partial charge in [-0.15, -0.1) is 11.3 Å². The number of carbonyl (C=O) groups is 1. The molecule has 0 aliphatic rings. The van der Waals surface area contributed by atoms with E-state index < -0.39 is 11.5 Å². The lowest BCUT2D eigenvalue weighted by Crippen LogP contribution is -2.31. The fourth-order valence-electron chi connectivity index (χ4n) is 1.50. The van der Waals surface area contributed by atoms with Crippen molar-refractivity contribution in [1.82, 2.24) is 4.68 Å². The van der Waals surface area contributed by atoms with Crippen molar-refractivity contribution in [3.8, 4) is 0 Å². The molecular weight excluding hydrogens is 228 g/mol. The van der Waals surface area contributed by atoms with E-state index in [1.807, 2.05) is 6.92 Å². The van der Waals surface area contributed by atoms with Crippen LogP contribution in [0.1, 0.15) is 22.3 Å². The number of pyridine rings is 1. The second kappa shape index (κ2) is 3.64. The van der Waals surface area contributed by atoms with E-state index in [9.17, 15) is 9.59 Å². The number of hydrogen-bond acceptors (Lipinski definition) is 4. The molecule has 0 aliphatic heterocycles. The number of aromatic carboxylic acids is 1. The smallest absolute Gasteiger partial charge is 0.354 e. The van der Waals surface area contributed by atoms with Gasteiger partial charge < -0.3 is 10.9 Å². The fraction of sp³-hybridized carbons (Fsp3) is 0.200. The Morgan fingerprint density at radius 1 is 1.56 bits per heavy atom. The van der Waals surface area contributed by atoms with E-state index in [4.69, 9.17) is 10.9 Å². The van der Waals surface area contributed by atoms with Crippen molar-refractivity contribution in [3.63, 3.8) is 0 Å². The quantitative estimate of drug-likeness (QED) is 0.765. The number of thiophene rings is 1. The Hall–Kier alpha value is -1.82. The van der Waals surface area contributed by atoms with Gasteiger partial charge in [-0.1, -0.05) is 6.92 Å². The molecule has 84 valence electrons. The molecular formula is C10H10N2O3S. The standard InChI is InChI=1S/C10H10N2O3S/c1-2-5-3-6-8(16-5)4-7(10(14)15)12(11)9(6)13/h3-4H,2,11H2,1H3,(H,14,15). The van der Waals surface area contributed by atoms with Crippen LogP contribution in [0.15, 0.2) is 16.9 Å². The van der Waals surface area contributed by atoms with Crippen molar-refractivity contribution in [1.29, 1.82) is 0 Å². The van der Waals surface area contributed by atoms with Gasteiger partial charge in [0.1, 0.15) is 0 Å². The number of carboxylic acids is 1. The summed E-state index contributed by atoms with van der Waals surface area (Å²) in [6, 6.07) is 3.19. The van der Waals surface area contributed by atoms with E-state index in [0.29, 0.717) is 14.8 Å². The van der Waals surface area contributed by atoms with Crippen molar-refractivity contribution in [3.05, 3.63) is 33.1 Å². The Kier molecular flexibility index (Phi) is 2.43. The Morgan fingerprint density at radius 3 is 2.81 bits per heavy atom. The molecule has 2 aromatic rings. The van der Waals surface area contributed by atoms with Gasteiger partial charge in [-0.25, -0.2) is 9.47 Å². The molecule has 0 spiro atoms. The minimum Gasteiger partial charge on any atom is -0.477 e. The van der Waals surface area contributed by atoms with Gasteiger partial charge in [-0.3, -0.25) is 4.79 Å². The first-order valence-corrected chi connectivity index (χ1v) is 5.53.